The molecular weight excluding hydrogens is 470 g/mol. The Hall–Kier alpha value is -3.75. The van der Waals surface area contributed by atoms with Crippen LogP contribution in [0.2, 0.25) is 0 Å². The van der Waals surface area contributed by atoms with Crippen LogP contribution in [0.4, 0.5) is 23.4 Å². The van der Waals surface area contributed by atoms with E-state index in [9.17, 15) is 22.5 Å². The first-order chi connectivity index (χ1) is 16.8. The summed E-state index contributed by atoms with van der Waals surface area (Å²) in [7, 11) is 0. The number of rotatable bonds is 5. The van der Waals surface area contributed by atoms with E-state index in [4.69, 9.17) is 9.47 Å². The van der Waals surface area contributed by atoms with Gasteiger partial charge in [0.25, 0.3) is 0 Å². The smallest absolute Gasteiger partial charge is 0.456 e. The predicted molar refractivity (Wildman–Crippen MR) is 134 cm³/mol. The SMILES string of the molecule is Cc1c(C(=O)OC(C)(C)C)cc(NC(=O)OCC2c3ccccc3-c3ccccc32)cc1[B-](F)(F)F. The van der Waals surface area contributed by atoms with Crippen LogP contribution in [0.3, 0.4) is 0 Å². The molecule has 0 fully saturated rings. The predicted octanol–water partition coefficient (Wildman–Crippen LogP) is 6.37. The third kappa shape index (κ3) is 5.25. The molecule has 0 heterocycles. The number of ether oxygens (including phenoxy) is 2. The number of anilines is 1. The second kappa shape index (κ2) is 9.37. The quantitative estimate of drug-likeness (QED) is 0.330. The van der Waals surface area contributed by atoms with Gasteiger partial charge < -0.3 is 22.4 Å². The maximum Gasteiger partial charge on any atom is 0.509 e. The number of carbonyl (C=O) groups is 2. The fourth-order valence-corrected chi connectivity index (χ4v) is 4.45. The van der Waals surface area contributed by atoms with Gasteiger partial charge in [0.05, 0.1) is 5.56 Å². The summed E-state index contributed by atoms with van der Waals surface area (Å²) in [6, 6.07) is 17.6. The lowest BCUT2D eigenvalue weighted by Gasteiger charge is -2.24. The number of amides is 1. The van der Waals surface area contributed by atoms with Crippen molar-refractivity contribution < 1.29 is 32.0 Å². The largest absolute Gasteiger partial charge is 0.509 e. The zero-order chi connectivity index (χ0) is 26.3. The van der Waals surface area contributed by atoms with Crippen molar-refractivity contribution in [2.24, 2.45) is 0 Å². The molecule has 5 nitrogen and oxygen atoms in total. The van der Waals surface area contributed by atoms with E-state index in [1.807, 2.05) is 48.5 Å². The molecule has 0 spiro atoms. The highest BCUT2D eigenvalue weighted by molar-refractivity contribution is 6.74. The van der Waals surface area contributed by atoms with E-state index in [1.165, 1.54) is 13.0 Å². The first-order valence-corrected chi connectivity index (χ1v) is 11.5. The Balaban J connectivity index is 1.56. The van der Waals surface area contributed by atoms with Gasteiger partial charge in [-0.2, -0.15) is 0 Å². The van der Waals surface area contributed by atoms with Gasteiger partial charge >= 0.3 is 19.0 Å². The van der Waals surface area contributed by atoms with Crippen molar-refractivity contribution in [2.45, 2.75) is 39.2 Å². The highest BCUT2D eigenvalue weighted by Gasteiger charge is 2.32. The molecule has 1 N–H and O–H groups in total. The van der Waals surface area contributed by atoms with Crippen LogP contribution in [-0.2, 0) is 9.47 Å². The summed E-state index contributed by atoms with van der Waals surface area (Å²) in [5.41, 5.74) is 1.53. The summed E-state index contributed by atoms with van der Waals surface area (Å²) in [6.45, 7) is 0.619. The van der Waals surface area contributed by atoms with Crippen LogP contribution < -0.4 is 10.8 Å². The topological polar surface area (TPSA) is 64.6 Å². The Labute approximate surface area is 207 Å². The maximum absolute atomic E-state index is 13.7. The minimum atomic E-state index is -5.45. The highest BCUT2D eigenvalue weighted by Crippen LogP contribution is 2.44. The number of halogens is 3. The number of carbonyl (C=O) groups excluding carboxylic acids is 2. The number of fused-ring (bicyclic) bond motifs is 3. The summed E-state index contributed by atoms with van der Waals surface area (Å²) in [6.07, 6.45) is -0.920. The van der Waals surface area contributed by atoms with E-state index in [-0.39, 0.29) is 29.3 Å². The van der Waals surface area contributed by atoms with Gasteiger partial charge in [-0.3, -0.25) is 5.32 Å². The molecule has 1 aliphatic carbocycles. The molecule has 1 amide bonds. The van der Waals surface area contributed by atoms with Gasteiger partial charge in [-0.15, -0.1) is 5.46 Å². The molecule has 0 radical (unpaired) electrons. The van der Waals surface area contributed by atoms with E-state index in [2.05, 4.69) is 5.32 Å². The first-order valence-electron chi connectivity index (χ1n) is 11.5. The minimum Gasteiger partial charge on any atom is -0.456 e. The van der Waals surface area contributed by atoms with Crippen molar-refractivity contribution >= 4 is 30.2 Å². The molecule has 0 saturated heterocycles. The van der Waals surface area contributed by atoms with E-state index in [1.54, 1.807) is 20.8 Å². The van der Waals surface area contributed by atoms with Gasteiger partial charge in [-0.05, 0) is 56.0 Å². The molecule has 0 aromatic heterocycles. The van der Waals surface area contributed by atoms with Crippen molar-refractivity contribution in [3.05, 3.63) is 82.9 Å². The van der Waals surface area contributed by atoms with Gasteiger partial charge in [0, 0.05) is 11.6 Å². The molecule has 3 aromatic rings. The average Bonchev–Trinajstić information content (AvgIpc) is 3.10. The standard InChI is InChI=1S/C27H26BF3NO4/c1-16-22(25(33)36-27(2,3)4)13-17(14-24(16)28(29,30)31)32-26(34)35-15-23-20-11-7-5-9-18(20)19-10-6-8-12-21(19)23/h5-14,23H,15H2,1-4H3,(H,32,34)/q-1. The Morgan fingerprint density at radius 2 is 1.50 bits per heavy atom. The molecule has 0 aliphatic heterocycles. The molecule has 188 valence electrons. The van der Waals surface area contributed by atoms with Crippen LogP contribution in [0, 0.1) is 6.92 Å². The minimum absolute atomic E-state index is 0.000704. The molecule has 36 heavy (non-hydrogen) atoms. The zero-order valence-electron chi connectivity index (χ0n) is 20.4. The van der Waals surface area contributed by atoms with E-state index in [0.717, 1.165) is 28.3 Å². The summed E-state index contributed by atoms with van der Waals surface area (Å²) in [5.74, 6) is -1.11. The summed E-state index contributed by atoms with van der Waals surface area (Å²) in [4.78, 5) is 25.2. The summed E-state index contributed by atoms with van der Waals surface area (Å²) in [5, 5.41) is 2.35. The Kier molecular flexibility index (Phi) is 6.60. The number of hydrogen-bond acceptors (Lipinski definition) is 4. The van der Waals surface area contributed by atoms with E-state index >= 15 is 0 Å². The second-order valence-corrected chi connectivity index (χ2v) is 9.77. The van der Waals surface area contributed by atoms with E-state index < -0.39 is 30.1 Å². The zero-order valence-corrected chi connectivity index (χ0v) is 20.4. The van der Waals surface area contributed by atoms with Crippen molar-refractivity contribution in [1.29, 1.82) is 0 Å². The summed E-state index contributed by atoms with van der Waals surface area (Å²) >= 11 is 0. The van der Waals surface area contributed by atoms with Crippen molar-refractivity contribution in [3.8, 4) is 11.1 Å². The third-order valence-electron chi connectivity index (χ3n) is 6.01. The van der Waals surface area contributed by atoms with Crippen LogP contribution in [0.15, 0.2) is 60.7 Å². The van der Waals surface area contributed by atoms with Crippen LogP contribution in [0.25, 0.3) is 11.1 Å². The Morgan fingerprint density at radius 3 is 2.03 bits per heavy atom. The second-order valence-electron chi connectivity index (χ2n) is 9.77. The first kappa shape index (κ1) is 25.4. The van der Waals surface area contributed by atoms with Crippen molar-refractivity contribution in [1.82, 2.24) is 0 Å². The average molecular weight is 496 g/mol. The molecule has 0 unspecified atom stereocenters. The maximum atomic E-state index is 13.7. The normalized spacial score (nSPS) is 13.1. The van der Waals surface area contributed by atoms with Gasteiger partial charge in [0.15, 0.2) is 0 Å². The lowest BCUT2D eigenvalue weighted by molar-refractivity contribution is 0.00688. The monoisotopic (exact) mass is 496 g/mol. The fraction of sp³-hybridized carbons (Fsp3) is 0.259. The van der Waals surface area contributed by atoms with Gasteiger partial charge in [0.1, 0.15) is 12.2 Å². The lowest BCUT2D eigenvalue weighted by Crippen LogP contribution is -2.38. The van der Waals surface area contributed by atoms with Gasteiger partial charge in [-0.1, -0.05) is 60.2 Å². The molecule has 4 rings (SSSR count). The van der Waals surface area contributed by atoms with Crippen molar-refractivity contribution in [2.75, 3.05) is 11.9 Å². The summed E-state index contributed by atoms with van der Waals surface area (Å²) < 4.78 is 52.0. The Bertz CT molecular complexity index is 1290. The number of hydrogen-bond donors (Lipinski definition) is 1. The molecule has 0 atom stereocenters. The number of nitrogens with one attached hydrogen (secondary N) is 1. The van der Waals surface area contributed by atoms with Crippen LogP contribution in [-0.4, -0.2) is 31.2 Å². The highest BCUT2D eigenvalue weighted by atomic mass is 19.4. The molecule has 1 aliphatic rings. The lowest BCUT2D eigenvalue weighted by atomic mass is 9.75. The molecule has 0 bridgehead atoms. The number of benzene rings is 3. The molecule has 0 saturated carbocycles. The fourth-order valence-electron chi connectivity index (χ4n) is 4.45. The van der Waals surface area contributed by atoms with Crippen LogP contribution in [0.1, 0.15) is 53.7 Å². The molecule has 3 aromatic carbocycles. The molecular formula is C27H26BF3NO4-. The molecule has 9 heteroatoms. The third-order valence-corrected chi connectivity index (χ3v) is 6.01. The van der Waals surface area contributed by atoms with Gasteiger partial charge in [0.2, 0.25) is 0 Å². The van der Waals surface area contributed by atoms with Gasteiger partial charge in [-0.25, -0.2) is 9.59 Å². The Morgan fingerprint density at radius 1 is 0.944 bits per heavy atom. The van der Waals surface area contributed by atoms with Crippen LogP contribution in [0.5, 0.6) is 0 Å². The number of esters is 1. The van der Waals surface area contributed by atoms with Crippen LogP contribution >= 0.6 is 0 Å². The van der Waals surface area contributed by atoms with E-state index in [0.29, 0.717) is 0 Å². The van der Waals surface area contributed by atoms with Crippen molar-refractivity contribution in [3.63, 3.8) is 0 Å².